The second-order valence-electron chi connectivity index (χ2n) is 10.6. The highest BCUT2D eigenvalue weighted by atomic mass is 32.1. The topological polar surface area (TPSA) is 92.8 Å². The molecule has 9 heteroatoms. The molecular weight excluding hydrogens is 512 g/mol. The summed E-state index contributed by atoms with van der Waals surface area (Å²) < 4.78 is 11.7. The van der Waals surface area contributed by atoms with Crippen molar-refractivity contribution in [1.82, 2.24) is 20.5 Å². The van der Waals surface area contributed by atoms with Crippen molar-refractivity contribution < 1.29 is 19.1 Å². The first-order valence-corrected chi connectivity index (χ1v) is 15.0. The second kappa shape index (κ2) is 15.5. The molecular formula is C30H46N4O4S. The maximum absolute atomic E-state index is 13.6. The SMILES string of the molecule is CCC(C)[C@H](NC)[C@@H](CC(=O)N1CCC[C@H]1[C@H](OC)[C@@H](C)C(=O)N[C@@H](Cc1ccccc1)c1nccs1)OC. The normalized spacial score (nSPS) is 20.2. The summed E-state index contributed by atoms with van der Waals surface area (Å²) in [7, 11) is 5.23. The lowest BCUT2D eigenvalue weighted by Gasteiger charge is -2.36. The molecule has 7 atom stereocenters. The number of aromatic nitrogens is 1. The zero-order valence-corrected chi connectivity index (χ0v) is 25.1. The number of ether oxygens (including phenoxy) is 2. The fourth-order valence-corrected chi connectivity index (χ4v) is 6.47. The van der Waals surface area contributed by atoms with E-state index < -0.39 is 12.0 Å². The molecule has 1 aliphatic heterocycles. The van der Waals surface area contributed by atoms with Gasteiger partial charge in [0.1, 0.15) is 5.01 Å². The van der Waals surface area contributed by atoms with E-state index >= 15 is 0 Å². The third kappa shape index (κ3) is 8.10. The molecule has 1 saturated heterocycles. The average Bonchev–Trinajstić information content (AvgIpc) is 3.66. The molecule has 1 aromatic heterocycles. The minimum absolute atomic E-state index is 0.0484. The number of carbonyl (C=O) groups excluding carboxylic acids is 2. The summed E-state index contributed by atoms with van der Waals surface area (Å²) >= 11 is 1.54. The Kier molecular flexibility index (Phi) is 12.4. The van der Waals surface area contributed by atoms with Gasteiger partial charge in [0.15, 0.2) is 0 Å². The van der Waals surface area contributed by atoms with Gasteiger partial charge in [-0.3, -0.25) is 9.59 Å². The highest BCUT2D eigenvalue weighted by Crippen LogP contribution is 2.29. The van der Waals surface area contributed by atoms with Gasteiger partial charge in [-0.1, -0.05) is 57.5 Å². The number of carbonyl (C=O) groups is 2. The van der Waals surface area contributed by atoms with E-state index in [1.807, 2.05) is 42.5 Å². The van der Waals surface area contributed by atoms with Crippen LogP contribution in [0.1, 0.15) is 63.1 Å². The summed E-state index contributed by atoms with van der Waals surface area (Å²) in [4.78, 5) is 33.5. The third-order valence-electron chi connectivity index (χ3n) is 8.20. The molecule has 39 heavy (non-hydrogen) atoms. The molecule has 0 spiro atoms. The molecule has 0 bridgehead atoms. The number of rotatable bonds is 15. The monoisotopic (exact) mass is 558 g/mol. The van der Waals surface area contributed by atoms with E-state index in [1.165, 1.54) is 11.3 Å². The van der Waals surface area contributed by atoms with Crippen molar-refractivity contribution in [1.29, 1.82) is 0 Å². The summed E-state index contributed by atoms with van der Waals surface area (Å²) in [6.07, 6.45) is 4.76. The van der Waals surface area contributed by atoms with Gasteiger partial charge in [-0.15, -0.1) is 11.3 Å². The van der Waals surface area contributed by atoms with Gasteiger partial charge >= 0.3 is 0 Å². The molecule has 1 fully saturated rings. The van der Waals surface area contributed by atoms with Crippen molar-refractivity contribution in [3.05, 3.63) is 52.5 Å². The molecule has 2 aromatic rings. The van der Waals surface area contributed by atoms with E-state index in [2.05, 4.69) is 41.6 Å². The van der Waals surface area contributed by atoms with Crippen molar-refractivity contribution in [2.75, 3.05) is 27.8 Å². The molecule has 3 rings (SSSR count). The van der Waals surface area contributed by atoms with E-state index in [9.17, 15) is 9.59 Å². The Morgan fingerprint density at radius 3 is 2.51 bits per heavy atom. The molecule has 8 nitrogen and oxygen atoms in total. The minimum atomic E-state index is -0.449. The lowest BCUT2D eigenvalue weighted by atomic mass is 9.91. The van der Waals surface area contributed by atoms with Crippen LogP contribution in [-0.4, -0.2) is 73.8 Å². The number of hydrogen-bond donors (Lipinski definition) is 2. The van der Waals surface area contributed by atoms with Gasteiger partial charge in [0.05, 0.1) is 36.6 Å². The van der Waals surface area contributed by atoms with Crippen LogP contribution >= 0.6 is 11.3 Å². The molecule has 216 valence electrons. The number of likely N-dealkylation sites (tertiary alicyclic amines) is 1. The quantitative estimate of drug-likeness (QED) is 0.340. The molecule has 2 heterocycles. The first-order chi connectivity index (χ1) is 18.8. The van der Waals surface area contributed by atoms with E-state index in [0.717, 1.165) is 29.8 Å². The van der Waals surface area contributed by atoms with Gasteiger partial charge in [-0.25, -0.2) is 4.98 Å². The Labute approximate surface area is 237 Å². The summed E-state index contributed by atoms with van der Waals surface area (Å²) in [5.41, 5.74) is 1.13. The molecule has 0 saturated carbocycles. The summed E-state index contributed by atoms with van der Waals surface area (Å²) in [5.74, 6) is -0.124. The molecule has 0 aliphatic carbocycles. The van der Waals surface area contributed by atoms with Crippen LogP contribution in [0, 0.1) is 11.8 Å². The van der Waals surface area contributed by atoms with Crippen LogP contribution in [0.2, 0.25) is 0 Å². The number of methoxy groups -OCH3 is 2. The standard InChI is InChI=1S/C30H46N4O4S/c1-7-20(2)27(31-4)25(37-5)19-26(35)34-16-11-14-24(34)28(38-6)21(3)29(36)33-23(30-32-15-17-39-30)18-22-12-9-8-10-13-22/h8-10,12-13,15,17,20-21,23-25,27-28,31H,7,11,14,16,18-19H2,1-6H3,(H,33,36)/t20?,21-,23+,24+,25-,27+,28-/m1/s1. The molecule has 0 radical (unpaired) electrons. The van der Waals surface area contributed by atoms with Crippen LogP contribution in [-0.2, 0) is 25.5 Å². The second-order valence-corrected chi connectivity index (χ2v) is 11.5. The zero-order chi connectivity index (χ0) is 28.4. The van der Waals surface area contributed by atoms with Crippen molar-refractivity contribution >= 4 is 23.2 Å². The van der Waals surface area contributed by atoms with E-state index in [0.29, 0.717) is 25.3 Å². The summed E-state index contributed by atoms with van der Waals surface area (Å²) in [5, 5.41) is 9.38. The van der Waals surface area contributed by atoms with Crippen LogP contribution in [0.3, 0.4) is 0 Å². The van der Waals surface area contributed by atoms with Gasteiger partial charge < -0.3 is 25.0 Å². The number of nitrogens with zero attached hydrogens (tertiary/aromatic N) is 2. The molecule has 1 aliphatic rings. The van der Waals surface area contributed by atoms with Crippen LogP contribution in [0.15, 0.2) is 41.9 Å². The van der Waals surface area contributed by atoms with Gasteiger partial charge in [0.25, 0.3) is 0 Å². The maximum Gasteiger partial charge on any atom is 0.226 e. The first kappa shape index (κ1) is 31.2. The van der Waals surface area contributed by atoms with Gasteiger partial charge in [0, 0.05) is 38.4 Å². The number of thiazole rings is 1. The predicted octanol–water partition coefficient (Wildman–Crippen LogP) is 4.22. The van der Waals surface area contributed by atoms with E-state index in [1.54, 1.807) is 20.4 Å². The van der Waals surface area contributed by atoms with E-state index in [4.69, 9.17) is 9.47 Å². The van der Waals surface area contributed by atoms with Crippen LogP contribution < -0.4 is 10.6 Å². The Morgan fingerprint density at radius 2 is 1.92 bits per heavy atom. The minimum Gasteiger partial charge on any atom is -0.379 e. The highest BCUT2D eigenvalue weighted by Gasteiger charge is 2.41. The maximum atomic E-state index is 13.6. The Bertz CT molecular complexity index is 1010. The van der Waals surface area contributed by atoms with Crippen LogP contribution in [0.25, 0.3) is 0 Å². The van der Waals surface area contributed by atoms with Gasteiger partial charge in [-0.05, 0) is 37.8 Å². The van der Waals surface area contributed by atoms with Crippen molar-refractivity contribution in [2.45, 2.75) is 83.2 Å². The van der Waals surface area contributed by atoms with Crippen molar-refractivity contribution in [3.63, 3.8) is 0 Å². The smallest absolute Gasteiger partial charge is 0.226 e. The predicted molar refractivity (Wildman–Crippen MR) is 156 cm³/mol. The van der Waals surface area contributed by atoms with Crippen LogP contribution in [0.4, 0.5) is 0 Å². The fraction of sp³-hybridized carbons (Fsp3) is 0.633. The number of likely N-dealkylation sites (N-methyl/N-ethyl adjacent to an activating group) is 1. The highest BCUT2D eigenvalue weighted by molar-refractivity contribution is 7.09. The van der Waals surface area contributed by atoms with Crippen molar-refractivity contribution in [2.24, 2.45) is 11.8 Å². The Balaban J connectivity index is 1.71. The van der Waals surface area contributed by atoms with Gasteiger partial charge in [-0.2, -0.15) is 0 Å². The average molecular weight is 559 g/mol. The zero-order valence-electron chi connectivity index (χ0n) is 24.3. The fourth-order valence-electron chi connectivity index (χ4n) is 5.78. The number of amides is 2. The molecule has 1 unspecified atom stereocenters. The Hall–Kier alpha value is -2.33. The number of nitrogens with one attached hydrogen (secondary N) is 2. The lowest BCUT2D eigenvalue weighted by molar-refractivity contribution is -0.142. The summed E-state index contributed by atoms with van der Waals surface area (Å²) in [6, 6.07) is 9.79. The molecule has 2 amide bonds. The first-order valence-electron chi connectivity index (χ1n) is 14.1. The lowest BCUT2D eigenvalue weighted by Crippen LogP contribution is -2.52. The number of benzene rings is 1. The molecule has 2 N–H and O–H groups in total. The number of hydrogen-bond acceptors (Lipinski definition) is 7. The van der Waals surface area contributed by atoms with E-state index in [-0.39, 0.29) is 36.0 Å². The van der Waals surface area contributed by atoms with Crippen LogP contribution in [0.5, 0.6) is 0 Å². The summed E-state index contributed by atoms with van der Waals surface area (Å²) in [6.45, 7) is 6.88. The largest absolute Gasteiger partial charge is 0.379 e. The Morgan fingerprint density at radius 1 is 1.18 bits per heavy atom. The molecule has 1 aromatic carbocycles. The third-order valence-corrected chi connectivity index (χ3v) is 9.08. The van der Waals surface area contributed by atoms with Crippen molar-refractivity contribution in [3.8, 4) is 0 Å². The van der Waals surface area contributed by atoms with Gasteiger partial charge in [0.2, 0.25) is 11.8 Å².